The van der Waals surface area contributed by atoms with Crippen LogP contribution in [0.2, 0.25) is 0 Å². The van der Waals surface area contributed by atoms with Crippen molar-refractivity contribution in [1.29, 1.82) is 0 Å². The summed E-state index contributed by atoms with van der Waals surface area (Å²) < 4.78 is 0. The van der Waals surface area contributed by atoms with Crippen LogP contribution in [0.5, 0.6) is 0 Å². The van der Waals surface area contributed by atoms with Crippen LogP contribution < -0.4 is 10.6 Å². The largest absolute Gasteiger partial charge is 0.316 e. The molecular formula is C10H18N4O2. The lowest BCUT2D eigenvalue weighted by molar-refractivity contribution is -0.135. The van der Waals surface area contributed by atoms with Crippen molar-refractivity contribution < 1.29 is 9.59 Å². The quantitative estimate of drug-likeness (QED) is 0.615. The first-order chi connectivity index (χ1) is 7.30. The van der Waals surface area contributed by atoms with Gasteiger partial charge in [-0.2, -0.15) is 0 Å². The predicted octanol–water partition coefficient (Wildman–Crippen LogP) is -0.824. The Balaban J connectivity index is 2.53. The highest BCUT2D eigenvalue weighted by atomic mass is 16.2. The Morgan fingerprint density at radius 1 is 1.19 bits per heavy atom. The molecule has 1 aliphatic rings. The molecule has 6 heteroatoms. The summed E-state index contributed by atoms with van der Waals surface area (Å²) in [6.45, 7) is 5.58. The van der Waals surface area contributed by atoms with Gasteiger partial charge in [0.15, 0.2) is 0 Å². The van der Waals surface area contributed by atoms with Crippen molar-refractivity contribution in [2.24, 2.45) is 10.4 Å². The fourth-order valence-corrected chi connectivity index (χ4v) is 1.64. The first kappa shape index (κ1) is 12.6. The van der Waals surface area contributed by atoms with Crippen LogP contribution in [0.25, 0.3) is 0 Å². The molecule has 0 aromatic rings. The maximum atomic E-state index is 10.9. The Morgan fingerprint density at radius 2 is 1.69 bits per heavy atom. The molecule has 0 atom stereocenters. The topological polar surface area (TPSA) is 73.8 Å². The van der Waals surface area contributed by atoms with Gasteiger partial charge in [-0.05, 0) is 19.5 Å². The van der Waals surface area contributed by atoms with Gasteiger partial charge >= 0.3 is 11.8 Å². The highest BCUT2D eigenvalue weighted by Gasteiger charge is 2.26. The number of carbonyl (C=O) groups excluding carboxylic acids is 2. The van der Waals surface area contributed by atoms with Gasteiger partial charge in [-0.3, -0.25) is 25.2 Å². The molecule has 0 spiro atoms. The Bertz CT molecular complexity index is 316. The molecule has 0 aliphatic carbocycles. The molecule has 0 saturated carbocycles. The van der Waals surface area contributed by atoms with Gasteiger partial charge in [0.2, 0.25) is 5.96 Å². The summed E-state index contributed by atoms with van der Waals surface area (Å²) in [6, 6.07) is 0. The number of hydrogen-bond acceptors (Lipinski definition) is 4. The molecule has 6 nitrogen and oxygen atoms in total. The molecule has 1 heterocycles. The maximum Gasteiger partial charge on any atom is 0.316 e. The van der Waals surface area contributed by atoms with Gasteiger partial charge in [0, 0.05) is 13.1 Å². The van der Waals surface area contributed by atoms with Crippen molar-refractivity contribution in [2.75, 3.05) is 27.2 Å². The molecule has 1 rings (SSSR count). The number of rotatable bonds is 4. The highest BCUT2D eigenvalue weighted by molar-refractivity contribution is 6.45. The molecule has 1 aliphatic heterocycles. The summed E-state index contributed by atoms with van der Waals surface area (Å²) in [5.74, 6) is -1.05. The van der Waals surface area contributed by atoms with E-state index in [1.165, 1.54) is 0 Å². The lowest BCUT2D eigenvalue weighted by atomic mass is 9.93. The van der Waals surface area contributed by atoms with E-state index in [-0.39, 0.29) is 11.4 Å². The molecule has 1 fully saturated rings. The van der Waals surface area contributed by atoms with Crippen LogP contribution in [0.4, 0.5) is 0 Å². The van der Waals surface area contributed by atoms with E-state index in [1.807, 2.05) is 14.1 Å². The van der Waals surface area contributed by atoms with Crippen LogP contribution >= 0.6 is 0 Å². The van der Waals surface area contributed by atoms with Gasteiger partial charge in [-0.15, -0.1) is 0 Å². The summed E-state index contributed by atoms with van der Waals surface area (Å²) in [7, 11) is 3.99. The third-order valence-corrected chi connectivity index (χ3v) is 2.08. The van der Waals surface area contributed by atoms with E-state index in [1.54, 1.807) is 0 Å². The van der Waals surface area contributed by atoms with Gasteiger partial charge in [-0.1, -0.05) is 13.8 Å². The zero-order chi connectivity index (χ0) is 12.3. The molecule has 90 valence electrons. The SMILES string of the molecule is CN(C)CC(C)(C)CN=C1NC(=O)C(=O)N1. The lowest BCUT2D eigenvalue weighted by Gasteiger charge is -2.26. The fourth-order valence-electron chi connectivity index (χ4n) is 1.64. The first-order valence-corrected chi connectivity index (χ1v) is 5.12. The van der Waals surface area contributed by atoms with E-state index >= 15 is 0 Å². The van der Waals surface area contributed by atoms with Gasteiger partial charge in [0.1, 0.15) is 0 Å². The summed E-state index contributed by atoms with van der Waals surface area (Å²) >= 11 is 0. The van der Waals surface area contributed by atoms with E-state index in [9.17, 15) is 9.59 Å². The van der Waals surface area contributed by atoms with E-state index < -0.39 is 11.8 Å². The minimum absolute atomic E-state index is 0.00541. The Morgan fingerprint density at radius 3 is 2.12 bits per heavy atom. The van der Waals surface area contributed by atoms with Crippen molar-refractivity contribution in [3.8, 4) is 0 Å². The van der Waals surface area contributed by atoms with Gasteiger partial charge < -0.3 is 4.90 Å². The van der Waals surface area contributed by atoms with Crippen LogP contribution in [0.1, 0.15) is 13.8 Å². The van der Waals surface area contributed by atoms with Crippen LogP contribution in [0.15, 0.2) is 4.99 Å². The van der Waals surface area contributed by atoms with Crippen molar-refractivity contribution in [3.63, 3.8) is 0 Å². The van der Waals surface area contributed by atoms with E-state index in [4.69, 9.17) is 0 Å². The third kappa shape index (κ3) is 3.62. The van der Waals surface area contributed by atoms with Crippen LogP contribution in [0, 0.1) is 5.41 Å². The summed E-state index contributed by atoms with van der Waals surface area (Å²) in [5.41, 5.74) is -0.00541. The van der Waals surface area contributed by atoms with Gasteiger partial charge in [-0.25, -0.2) is 0 Å². The number of aliphatic imine (C=N–C) groups is 1. The van der Waals surface area contributed by atoms with Crippen LogP contribution in [-0.4, -0.2) is 49.9 Å². The summed E-state index contributed by atoms with van der Waals surface area (Å²) in [4.78, 5) is 28.0. The smallest absolute Gasteiger partial charge is 0.309 e. The van der Waals surface area contributed by atoms with E-state index in [0.717, 1.165) is 6.54 Å². The monoisotopic (exact) mass is 226 g/mol. The standard InChI is InChI=1S/C10H18N4O2/c1-10(2,6-14(3)4)5-11-9-12-7(15)8(16)13-9/h5-6H2,1-4H3,(H2,11,12,13,15,16). The Kier molecular flexibility index (Phi) is 3.64. The normalized spacial score (nSPS) is 16.4. The fraction of sp³-hybridized carbons (Fsp3) is 0.700. The molecule has 2 amide bonds. The highest BCUT2D eigenvalue weighted by Crippen LogP contribution is 2.16. The molecule has 0 aromatic heterocycles. The van der Waals surface area contributed by atoms with Crippen molar-refractivity contribution in [3.05, 3.63) is 0 Å². The molecule has 1 saturated heterocycles. The Labute approximate surface area is 95.1 Å². The number of amides is 2. The number of nitrogens with one attached hydrogen (secondary N) is 2. The van der Waals surface area contributed by atoms with Crippen molar-refractivity contribution >= 4 is 17.8 Å². The molecule has 0 aromatic carbocycles. The first-order valence-electron chi connectivity index (χ1n) is 5.12. The number of guanidine groups is 1. The number of hydrogen-bond donors (Lipinski definition) is 2. The second-order valence-corrected chi connectivity index (χ2v) is 4.98. The van der Waals surface area contributed by atoms with Gasteiger partial charge in [0.05, 0.1) is 0 Å². The second-order valence-electron chi connectivity index (χ2n) is 4.98. The van der Waals surface area contributed by atoms with Crippen LogP contribution in [0.3, 0.4) is 0 Å². The number of carbonyl (C=O) groups is 2. The Hall–Kier alpha value is -1.43. The van der Waals surface area contributed by atoms with Crippen molar-refractivity contribution in [2.45, 2.75) is 13.8 Å². The van der Waals surface area contributed by atoms with Crippen molar-refractivity contribution in [1.82, 2.24) is 15.5 Å². The summed E-state index contributed by atoms with van der Waals surface area (Å²) in [6.07, 6.45) is 0. The molecule has 16 heavy (non-hydrogen) atoms. The van der Waals surface area contributed by atoms with E-state index in [0.29, 0.717) is 6.54 Å². The minimum atomic E-state index is -0.649. The lowest BCUT2D eigenvalue weighted by Crippen LogP contribution is -2.33. The molecule has 0 unspecified atom stereocenters. The predicted molar refractivity (Wildman–Crippen MR) is 60.9 cm³/mol. The number of nitrogens with zero attached hydrogens (tertiary/aromatic N) is 2. The zero-order valence-corrected chi connectivity index (χ0v) is 10.1. The third-order valence-electron chi connectivity index (χ3n) is 2.08. The maximum absolute atomic E-state index is 10.9. The summed E-state index contributed by atoms with van der Waals surface area (Å²) in [5, 5.41) is 4.73. The van der Waals surface area contributed by atoms with Gasteiger partial charge in [0.25, 0.3) is 0 Å². The molecular weight excluding hydrogens is 208 g/mol. The minimum Gasteiger partial charge on any atom is -0.309 e. The average molecular weight is 226 g/mol. The second kappa shape index (κ2) is 4.61. The molecule has 0 radical (unpaired) electrons. The zero-order valence-electron chi connectivity index (χ0n) is 10.1. The average Bonchev–Trinajstić information content (AvgIpc) is 2.41. The molecule has 2 N–H and O–H groups in total. The van der Waals surface area contributed by atoms with Crippen LogP contribution in [-0.2, 0) is 9.59 Å². The van der Waals surface area contributed by atoms with E-state index in [2.05, 4.69) is 34.4 Å². The molecule has 0 bridgehead atoms.